The van der Waals surface area contributed by atoms with Gasteiger partial charge in [0.2, 0.25) is 10.0 Å². The number of thiophene rings is 1. The number of sulfonamides is 1. The lowest BCUT2D eigenvalue weighted by Crippen LogP contribution is -2.28. The van der Waals surface area contributed by atoms with Crippen molar-refractivity contribution in [3.8, 4) is 0 Å². The Kier molecular flexibility index (Phi) is 5.81. The summed E-state index contributed by atoms with van der Waals surface area (Å²) < 4.78 is 26.3. The predicted molar refractivity (Wildman–Crippen MR) is 88.7 cm³/mol. The number of nitrogens with zero attached hydrogens (tertiary/aromatic N) is 1. The number of aryl methyl sites for hydroxylation is 1. The van der Waals surface area contributed by atoms with Gasteiger partial charge < -0.3 is 0 Å². The van der Waals surface area contributed by atoms with Crippen LogP contribution in [-0.2, 0) is 22.9 Å². The number of hydrogen-bond acceptors (Lipinski definition) is 3. The maximum atomic E-state index is 12.5. The Bertz CT molecular complexity index is 651. The van der Waals surface area contributed by atoms with E-state index in [4.69, 9.17) is 11.6 Å². The minimum atomic E-state index is -3.42. The van der Waals surface area contributed by atoms with E-state index in [1.807, 2.05) is 29.6 Å². The fourth-order valence-electron chi connectivity index (χ4n) is 1.96. The smallest absolute Gasteiger partial charge is 0.207 e. The molecule has 3 nitrogen and oxygen atoms in total. The van der Waals surface area contributed by atoms with Gasteiger partial charge in [0.15, 0.2) is 0 Å². The van der Waals surface area contributed by atoms with Crippen molar-refractivity contribution in [2.75, 3.05) is 19.5 Å². The third kappa shape index (κ3) is 4.30. The molecule has 0 aliphatic heterocycles. The SMILES string of the molecule is CN(CCc1cccs1)S(=O)(=O)c1ccc(CCCl)cc1. The minimum absolute atomic E-state index is 0.328. The van der Waals surface area contributed by atoms with E-state index in [0.717, 1.165) is 18.4 Å². The zero-order valence-electron chi connectivity index (χ0n) is 11.8. The first kappa shape index (κ1) is 16.5. The molecule has 0 saturated heterocycles. The molecule has 0 atom stereocenters. The number of benzene rings is 1. The number of likely N-dealkylation sites (N-methyl/N-ethyl adjacent to an activating group) is 1. The predicted octanol–water partition coefficient (Wildman–Crippen LogP) is 3.39. The summed E-state index contributed by atoms with van der Waals surface area (Å²) in [6.45, 7) is 0.478. The average molecular weight is 344 g/mol. The molecule has 1 aromatic heterocycles. The van der Waals surface area contributed by atoms with E-state index < -0.39 is 10.0 Å². The molecule has 114 valence electrons. The van der Waals surface area contributed by atoms with Gasteiger partial charge in [-0.05, 0) is 42.0 Å². The number of rotatable bonds is 7. The molecular weight excluding hydrogens is 326 g/mol. The van der Waals surface area contributed by atoms with Crippen LogP contribution in [0.5, 0.6) is 0 Å². The van der Waals surface area contributed by atoms with E-state index in [9.17, 15) is 8.42 Å². The summed E-state index contributed by atoms with van der Waals surface area (Å²) in [4.78, 5) is 1.52. The van der Waals surface area contributed by atoms with Gasteiger partial charge in [-0.3, -0.25) is 0 Å². The summed E-state index contributed by atoms with van der Waals surface area (Å²) in [5, 5.41) is 2.00. The van der Waals surface area contributed by atoms with Crippen molar-refractivity contribution in [2.24, 2.45) is 0 Å². The quantitative estimate of drug-likeness (QED) is 0.723. The number of hydrogen-bond donors (Lipinski definition) is 0. The molecule has 0 amide bonds. The van der Waals surface area contributed by atoms with Gasteiger partial charge in [-0.2, -0.15) is 0 Å². The zero-order valence-corrected chi connectivity index (χ0v) is 14.2. The molecule has 2 aromatic rings. The maximum absolute atomic E-state index is 12.5. The molecule has 0 spiro atoms. The number of halogens is 1. The monoisotopic (exact) mass is 343 g/mol. The molecule has 6 heteroatoms. The Morgan fingerprint density at radius 2 is 1.86 bits per heavy atom. The normalized spacial score (nSPS) is 12.0. The largest absolute Gasteiger partial charge is 0.242 e. The highest BCUT2D eigenvalue weighted by atomic mass is 35.5. The van der Waals surface area contributed by atoms with Crippen LogP contribution >= 0.6 is 22.9 Å². The molecular formula is C15H18ClNO2S2. The van der Waals surface area contributed by atoms with E-state index in [1.165, 1.54) is 9.18 Å². The van der Waals surface area contributed by atoms with Gasteiger partial charge in [0, 0.05) is 24.3 Å². The summed E-state index contributed by atoms with van der Waals surface area (Å²) in [6, 6.07) is 10.9. The zero-order chi connectivity index (χ0) is 15.3. The first-order valence-corrected chi connectivity index (χ1v) is 9.53. The highest BCUT2D eigenvalue weighted by molar-refractivity contribution is 7.89. The molecule has 21 heavy (non-hydrogen) atoms. The van der Waals surface area contributed by atoms with Crippen molar-refractivity contribution in [2.45, 2.75) is 17.7 Å². The van der Waals surface area contributed by atoms with Crippen LogP contribution in [0.1, 0.15) is 10.4 Å². The third-order valence-electron chi connectivity index (χ3n) is 3.27. The van der Waals surface area contributed by atoms with Crippen molar-refractivity contribution in [3.05, 3.63) is 52.2 Å². The van der Waals surface area contributed by atoms with Crippen LogP contribution in [0, 0.1) is 0 Å². The summed E-state index contributed by atoms with van der Waals surface area (Å²) in [6.07, 6.45) is 1.48. The van der Waals surface area contributed by atoms with E-state index in [0.29, 0.717) is 17.3 Å². The molecule has 0 N–H and O–H groups in total. The summed E-state index contributed by atoms with van der Waals surface area (Å²) >= 11 is 7.33. The van der Waals surface area contributed by atoms with E-state index in [1.54, 1.807) is 30.5 Å². The fourth-order valence-corrected chi connectivity index (χ4v) is 4.05. The van der Waals surface area contributed by atoms with Gasteiger partial charge in [0.1, 0.15) is 0 Å². The molecule has 0 fully saturated rings. The maximum Gasteiger partial charge on any atom is 0.242 e. The Labute approximate surface area is 135 Å². The molecule has 1 heterocycles. The fraction of sp³-hybridized carbons (Fsp3) is 0.333. The molecule has 0 unspecified atom stereocenters. The minimum Gasteiger partial charge on any atom is -0.207 e. The topological polar surface area (TPSA) is 37.4 Å². The second-order valence-electron chi connectivity index (χ2n) is 4.74. The number of alkyl halides is 1. The van der Waals surface area contributed by atoms with Gasteiger partial charge >= 0.3 is 0 Å². The average Bonchev–Trinajstić information content (AvgIpc) is 2.99. The van der Waals surface area contributed by atoms with Crippen molar-refractivity contribution in [1.82, 2.24) is 4.31 Å². The lowest BCUT2D eigenvalue weighted by atomic mass is 10.2. The summed E-state index contributed by atoms with van der Waals surface area (Å²) in [5.74, 6) is 0.535. The van der Waals surface area contributed by atoms with Gasteiger partial charge in [-0.25, -0.2) is 12.7 Å². The van der Waals surface area contributed by atoms with Crippen LogP contribution in [0.15, 0.2) is 46.7 Å². The molecule has 2 rings (SSSR count). The highest BCUT2D eigenvalue weighted by Crippen LogP contribution is 2.17. The molecule has 0 aliphatic carbocycles. The van der Waals surface area contributed by atoms with Crippen LogP contribution in [0.4, 0.5) is 0 Å². The van der Waals surface area contributed by atoms with Crippen LogP contribution in [-0.4, -0.2) is 32.2 Å². The Hall–Kier alpha value is -0.880. The van der Waals surface area contributed by atoms with Gasteiger partial charge in [0.25, 0.3) is 0 Å². The first-order valence-electron chi connectivity index (χ1n) is 6.67. The van der Waals surface area contributed by atoms with Crippen LogP contribution < -0.4 is 0 Å². The second kappa shape index (κ2) is 7.40. The highest BCUT2D eigenvalue weighted by Gasteiger charge is 2.20. The molecule has 1 aromatic carbocycles. The van der Waals surface area contributed by atoms with Gasteiger partial charge in [0.05, 0.1) is 4.90 Å². The van der Waals surface area contributed by atoms with E-state index in [-0.39, 0.29) is 0 Å². The van der Waals surface area contributed by atoms with Crippen molar-refractivity contribution in [1.29, 1.82) is 0 Å². The van der Waals surface area contributed by atoms with Crippen LogP contribution in [0.3, 0.4) is 0 Å². The Morgan fingerprint density at radius 1 is 1.14 bits per heavy atom. The summed E-state index contributed by atoms with van der Waals surface area (Å²) in [7, 11) is -1.80. The van der Waals surface area contributed by atoms with E-state index >= 15 is 0 Å². The van der Waals surface area contributed by atoms with Crippen molar-refractivity contribution in [3.63, 3.8) is 0 Å². The molecule has 0 aliphatic rings. The first-order chi connectivity index (χ1) is 10.0. The Balaban J connectivity index is 2.05. The van der Waals surface area contributed by atoms with Crippen molar-refractivity contribution >= 4 is 33.0 Å². The molecule has 0 radical (unpaired) electrons. The second-order valence-corrected chi connectivity index (χ2v) is 8.19. The van der Waals surface area contributed by atoms with Crippen molar-refractivity contribution < 1.29 is 8.42 Å². The molecule has 0 saturated carbocycles. The standard InChI is InChI=1S/C15H18ClNO2S2/c1-17(11-9-14-3-2-12-20-14)21(18,19)15-6-4-13(5-7-15)8-10-16/h2-7,12H,8-11H2,1H3. The van der Waals surface area contributed by atoms with Gasteiger partial charge in [-0.1, -0.05) is 18.2 Å². The lowest BCUT2D eigenvalue weighted by Gasteiger charge is -2.17. The lowest BCUT2D eigenvalue weighted by molar-refractivity contribution is 0.473. The third-order valence-corrected chi connectivity index (χ3v) is 6.26. The Morgan fingerprint density at radius 3 is 2.43 bits per heavy atom. The van der Waals surface area contributed by atoms with E-state index in [2.05, 4.69) is 0 Å². The van der Waals surface area contributed by atoms with Crippen LogP contribution in [0.2, 0.25) is 0 Å². The summed E-state index contributed by atoms with van der Waals surface area (Å²) in [5.41, 5.74) is 1.05. The molecule has 0 bridgehead atoms. The van der Waals surface area contributed by atoms with Crippen LogP contribution in [0.25, 0.3) is 0 Å². The van der Waals surface area contributed by atoms with Gasteiger partial charge in [-0.15, -0.1) is 22.9 Å².